The molecule has 2 atom stereocenters. The van der Waals surface area contributed by atoms with Crippen LogP contribution >= 0.6 is 0 Å². The zero-order valence-corrected chi connectivity index (χ0v) is 16.7. The lowest BCUT2D eigenvalue weighted by Gasteiger charge is -2.18. The number of fused-ring (bicyclic) bond motifs is 1. The maximum atomic E-state index is 12.6. The highest BCUT2D eigenvalue weighted by atomic mass is 16.5. The number of carbonyl (C=O) groups excluding carboxylic acids is 2. The molecular weight excluding hydrogens is 368 g/mol. The van der Waals surface area contributed by atoms with Crippen LogP contribution in [0.25, 0.3) is 10.9 Å². The van der Waals surface area contributed by atoms with E-state index in [2.05, 4.69) is 24.1 Å². The second-order valence-corrected chi connectivity index (χ2v) is 7.03. The van der Waals surface area contributed by atoms with E-state index in [4.69, 9.17) is 4.74 Å². The number of nitrogens with one attached hydrogen (secondary N) is 2. The van der Waals surface area contributed by atoms with Gasteiger partial charge in [-0.2, -0.15) is 0 Å². The lowest BCUT2D eigenvalue weighted by molar-refractivity contribution is -0.123. The number of benzene rings is 2. The van der Waals surface area contributed by atoms with Crippen LogP contribution in [0.5, 0.6) is 0 Å². The van der Waals surface area contributed by atoms with Crippen molar-refractivity contribution >= 4 is 28.5 Å². The fourth-order valence-electron chi connectivity index (χ4n) is 3.15. The van der Waals surface area contributed by atoms with Crippen LogP contribution in [0.3, 0.4) is 0 Å². The molecule has 0 bridgehead atoms. The molecule has 1 aromatic heterocycles. The first-order chi connectivity index (χ1) is 13.9. The highest BCUT2D eigenvalue weighted by molar-refractivity contribution is 6.04. The average Bonchev–Trinajstić information content (AvgIpc) is 2.72. The summed E-state index contributed by atoms with van der Waals surface area (Å²) in [7, 11) is 0. The molecule has 0 aliphatic carbocycles. The van der Waals surface area contributed by atoms with Gasteiger partial charge in [-0.25, -0.2) is 4.79 Å². The average molecular weight is 392 g/mol. The van der Waals surface area contributed by atoms with Crippen LogP contribution in [0.1, 0.15) is 49.0 Å². The van der Waals surface area contributed by atoms with Crippen molar-refractivity contribution in [2.24, 2.45) is 0 Å². The molecule has 6 heteroatoms. The van der Waals surface area contributed by atoms with Crippen molar-refractivity contribution in [2.75, 3.05) is 5.32 Å². The Morgan fingerprint density at radius 1 is 1.07 bits per heavy atom. The monoisotopic (exact) mass is 392 g/mol. The molecule has 2 aromatic carbocycles. The van der Waals surface area contributed by atoms with Crippen LogP contribution in [-0.4, -0.2) is 23.0 Å². The van der Waals surface area contributed by atoms with E-state index in [9.17, 15) is 14.4 Å². The number of rotatable bonds is 6. The second-order valence-electron chi connectivity index (χ2n) is 7.03. The van der Waals surface area contributed by atoms with Crippen LogP contribution in [-0.2, 0) is 9.53 Å². The van der Waals surface area contributed by atoms with E-state index < -0.39 is 23.5 Å². The quantitative estimate of drug-likeness (QED) is 0.615. The number of esters is 1. The van der Waals surface area contributed by atoms with Gasteiger partial charge in [-0.15, -0.1) is 0 Å². The maximum absolute atomic E-state index is 12.6. The van der Waals surface area contributed by atoms with Gasteiger partial charge in [0.15, 0.2) is 6.10 Å². The fraction of sp³-hybridized carbons (Fsp3) is 0.261. The largest absolute Gasteiger partial charge is 0.449 e. The zero-order valence-electron chi connectivity index (χ0n) is 16.7. The van der Waals surface area contributed by atoms with Crippen molar-refractivity contribution in [1.29, 1.82) is 0 Å². The lowest BCUT2D eigenvalue weighted by atomic mass is 9.97. The molecule has 0 fully saturated rings. The summed E-state index contributed by atoms with van der Waals surface area (Å²) < 4.78 is 5.36. The summed E-state index contributed by atoms with van der Waals surface area (Å²) in [5.41, 5.74) is 1.99. The van der Waals surface area contributed by atoms with Crippen molar-refractivity contribution in [3.63, 3.8) is 0 Å². The molecule has 3 aromatic rings. The number of pyridine rings is 1. The number of anilines is 1. The minimum atomic E-state index is -1.02. The third kappa shape index (κ3) is 4.54. The summed E-state index contributed by atoms with van der Waals surface area (Å²) in [5, 5.41) is 3.41. The Labute approximate surface area is 168 Å². The Kier molecular flexibility index (Phi) is 6.12. The standard InChI is InChI=1S/C23H24N2O4/c1-4-14(2)16-9-5-7-11-19(16)25-22(27)15(3)29-23(28)18-13-21(26)24-20-12-8-6-10-17(18)20/h5-15H,4H2,1-3H3,(H,24,26)(H,25,27)/t14-,15+/m0/s1. The smallest absolute Gasteiger partial charge is 0.339 e. The van der Waals surface area contributed by atoms with Gasteiger partial charge in [0.2, 0.25) is 5.56 Å². The van der Waals surface area contributed by atoms with Gasteiger partial charge in [0.1, 0.15) is 0 Å². The molecule has 1 amide bonds. The van der Waals surface area contributed by atoms with Crippen LogP contribution in [0, 0.1) is 0 Å². The first-order valence-corrected chi connectivity index (χ1v) is 9.63. The van der Waals surface area contributed by atoms with Gasteiger partial charge in [0.25, 0.3) is 5.91 Å². The number of amides is 1. The molecule has 0 aliphatic heterocycles. The molecule has 0 unspecified atom stereocenters. The summed E-state index contributed by atoms with van der Waals surface area (Å²) in [5.74, 6) is -0.861. The van der Waals surface area contributed by atoms with Crippen LogP contribution in [0.4, 0.5) is 5.69 Å². The van der Waals surface area contributed by atoms with Gasteiger partial charge in [-0.1, -0.05) is 50.2 Å². The normalized spacial score (nSPS) is 12.9. The van der Waals surface area contributed by atoms with Crippen LogP contribution in [0.2, 0.25) is 0 Å². The highest BCUT2D eigenvalue weighted by Gasteiger charge is 2.22. The van der Waals surface area contributed by atoms with Gasteiger partial charge in [0.05, 0.1) is 5.56 Å². The molecule has 0 saturated heterocycles. The predicted molar refractivity (Wildman–Crippen MR) is 113 cm³/mol. The number of ether oxygens (including phenoxy) is 1. The van der Waals surface area contributed by atoms with Gasteiger partial charge in [-0.05, 0) is 37.0 Å². The lowest BCUT2D eigenvalue weighted by Crippen LogP contribution is -2.30. The number of hydrogen-bond donors (Lipinski definition) is 2. The number of aromatic nitrogens is 1. The van der Waals surface area contributed by atoms with E-state index in [1.165, 1.54) is 13.0 Å². The number of aromatic amines is 1. The summed E-state index contributed by atoms with van der Waals surface area (Å²) in [6.45, 7) is 5.68. The van der Waals surface area contributed by atoms with Crippen molar-refractivity contribution in [3.05, 3.63) is 76.1 Å². The Morgan fingerprint density at radius 3 is 2.52 bits per heavy atom. The van der Waals surface area contributed by atoms with Crippen LogP contribution in [0.15, 0.2) is 59.4 Å². The summed E-state index contributed by atoms with van der Waals surface area (Å²) in [4.78, 5) is 39.8. The second kappa shape index (κ2) is 8.73. The summed E-state index contributed by atoms with van der Waals surface area (Å²) in [6.07, 6.45) is -0.0851. The molecular formula is C23H24N2O4. The zero-order chi connectivity index (χ0) is 21.0. The Hall–Kier alpha value is -3.41. The van der Waals surface area contributed by atoms with Crippen molar-refractivity contribution in [2.45, 2.75) is 39.2 Å². The van der Waals surface area contributed by atoms with E-state index >= 15 is 0 Å². The van der Waals surface area contributed by atoms with Crippen molar-refractivity contribution in [3.8, 4) is 0 Å². The van der Waals surface area contributed by atoms with Crippen LogP contribution < -0.4 is 10.9 Å². The minimum absolute atomic E-state index is 0.129. The van der Waals surface area contributed by atoms with E-state index in [1.54, 1.807) is 24.3 Å². The molecule has 0 saturated carbocycles. The number of para-hydroxylation sites is 2. The molecule has 0 aliphatic rings. The molecule has 150 valence electrons. The molecule has 2 N–H and O–H groups in total. The first-order valence-electron chi connectivity index (χ1n) is 9.63. The van der Waals surface area contributed by atoms with E-state index in [0.717, 1.165) is 12.0 Å². The SMILES string of the molecule is CC[C@H](C)c1ccccc1NC(=O)[C@@H](C)OC(=O)c1cc(=O)[nH]c2ccccc12. The van der Waals surface area contributed by atoms with Crippen molar-refractivity contribution < 1.29 is 14.3 Å². The van der Waals surface area contributed by atoms with Gasteiger partial charge in [0, 0.05) is 22.7 Å². The van der Waals surface area contributed by atoms with Crippen molar-refractivity contribution in [1.82, 2.24) is 4.98 Å². The number of hydrogen-bond acceptors (Lipinski definition) is 4. The predicted octanol–water partition coefficient (Wildman–Crippen LogP) is 4.23. The molecule has 6 nitrogen and oxygen atoms in total. The first kappa shape index (κ1) is 20.3. The van der Waals surface area contributed by atoms with E-state index in [1.807, 2.05) is 24.3 Å². The molecule has 0 radical (unpaired) electrons. The summed E-state index contributed by atoms with van der Waals surface area (Å²) >= 11 is 0. The van der Waals surface area contributed by atoms with Gasteiger partial charge >= 0.3 is 5.97 Å². The third-order valence-corrected chi connectivity index (χ3v) is 4.99. The fourth-order valence-corrected chi connectivity index (χ4v) is 3.15. The topological polar surface area (TPSA) is 88.3 Å². The molecule has 1 heterocycles. The molecule has 0 spiro atoms. The number of carbonyl (C=O) groups is 2. The summed E-state index contributed by atoms with van der Waals surface area (Å²) in [6, 6.07) is 15.7. The molecule has 29 heavy (non-hydrogen) atoms. The Morgan fingerprint density at radius 2 is 1.76 bits per heavy atom. The van der Waals surface area contributed by atoms with E-state index in [-0.39, 0.29) is 11.5 Å². The van der Waals surface area contributed by atoms with Gasteiger partial charge in [-0.3, -0.25) is 9.59 Å². The maximum Gasteiger partial charge on any atom is 0.339 e. The molecule has 3 rings (SSSR count). The number of H-pyrrole nitrogens is 1. The minimum Gasteiger partial charge on any atom is -0.449 e. The van der Waals surface area contributed by atoms with E-state index in [0.29, 0.717) is 16.6 Å². The third-order valence-electron chi connectivity index (χ3n) is 4.99. The van der Waals surface area contributed by atoms with Gasteiger partial charge < -0.3 is 15.0 Å². The Balaban J connectivity index is 1.78. The highest BCUT2D eigenvalue weighted by Crippen LogP contribution is 2.26. The Bertz CT molecular complexity index is 1100.